The van der Waals surface area contributed by atoms with Crippen molar-refractivity contribution in [2.75, 3.05) is 39.6 Å². The number of benzene rings is 1. The molecule has 0 spiro atoms. The average Bonchev–Trinajstić information content (AvgIpc) is 2.49. The fourth-order valence-electron chi connectivity index (χ4n) is 1.59. The molecule has 0 fully saturated rings. The zero-order valence-corrected chi connectivity index (χ0v) is 11.8. The van der Waals surface area contributed by atoms with Gasteiger partial charge in [0.1, 0.15) is 12.4 Å². The highest BCUT2D eigenvalue weighted by Gasteiger charge is 1.96. The Bertz CT molecular complexity index is 384. The molecule has 0 saturated heterocycles. The third-order valence-corrected chi connectivity index (χ3v) is 2.61. The maximum atomic E-state index is 5.57. The van der Waals surface area contributed by atoms with E-state index in [0.717, 1.165) is 18.6 Å². The first-order valence-electron chi connectivity index (χ1n) is 6.87. The van der Waals surface area contributed by atoms with Crippen molar-refractivity contribution in [3.05, 3.63) is 29.8 Å². The molecule has 0 bridgehead atoms. The van der Waals surface area contributed by atoms with Crippen molar-refractivity contribution >= 4 is 0 Å². The summed E-state index contributed by atoms with van der Waals surface area (Å²) in [6.45, 7) is 3.33. The largest absolute Gasteiger partial charge is 0.491 e. The number of rotatable bonds is 11. The van der Waals surface area contributed by atoms with Gasteiger partial charge < -0.3 is 19.9 Å². The van der Waals surface area contributed by atoms with Crippen LogP contribution in [0, 0.1) is 12.3 Å². The highest BCUT2D eigenvalue weighted by molar-refractivity contribution is 5.27. The van der Waals surface area contributed by atoms with Crippen LogP contribution < -0.4 is 10.5 Å². The minimum atomic E-state index is 0.528. The molecule has 0 aliphatic carbocycles. The third-order valence-electron chi connectivity index (χ3n) is 2.61. The van der Waals surface area contributed by atoms with Gasteiger partial charge in [0, 0.05) is 13.0 Å². The van der Waals surface area contributed by atoms with Crippen molar-refractivity contribution in [1.29, 1.82) is 0 Å². The van der Waals surface area contributed by atoms with E-state index < -0.39 is 0 Å². The molecule has 0 unspecified atom stereocenters. The highest BCUT2D eigenvalue weighted by Crippen LogP contribution is 2.13. The van der Waals surface area contributed by atoms with E-state index in [-0.39, 0.29) is 0 Å². The molecule has 0 atom stereocenters. The highest BCUT2D eigenvalue weighted by atomic mass is 16.5. The Morgan fingerprint density at radius 3 is 2.25 bits per heavy atom. The maximum absolute atomic E-state index is 5.57. The molecule has 0 heterocycles. The predicted molar refractivity (Wildman–Crippen MR) is 79.8 cm³/mol. The van der Waals surface area contributed by atoms with Gasteiger partial charge in [0.05, 0.1) is 26.4 Å². The number of hydrogen-bond donors (Lipinski definition) is 1. The van der Waals surface area contributed by atoms with Crippen LogP contribution in [0.1, 0.15) is 12.0 Å². The summed E-state index contributed by atoms with van der Waals surface area (Å²) < 4.78 is 16.1. The van der Waals surface area contributed by atoms with Gasteiger partial charge >= 0.3 is 0 Å². The van der Waals surface area contributed by atoms with Crippen LogP contribution in [0.15, 0.2) is 24.3 Å². The quantitative estimate of drug-likeness (QED) is 0.493. The van der Waals surface area contributed by atoms with E-state index in [1.54, 1.807) is 0 Å². The molecule has 1 rings (SSSR count). The Hall–Kier alpha value is -1.54. The fourth-order valence-corrected chi connectivity index (χ4v) is 1.59. The minimum absolute atomic E-state index is 0.528. The Morgan fingerprint density at radius 2 is 1.60 bits per heavy atom. The Kier molecular flexibility index (Phi) is 9.33. The van der Waals surface area contributed by atoms with Crippen LogP contribution in [0.3, 0.4) is 0 Å². The zero-order valence-electron chi connectivity index (χ0n) is 11.8. The van der Waals surface area contributed by atoms with Crippen molar-refractivity contribution in [1.82, 2.24) is 0 Å². The Morgan fingerprint density at radius 1 is 0.950 bits per heavy atom. The van der Waals surface area contributed by atoms with Gasteiger partial charge in [0.25, 0.3) is 0 Å². The lowest BCUT2D eigenvalue weighted by molar-refractivity contribution is 0.0388. The van der Waals surface area contributed by atoms with Gasteiger partial charge in [-0.1, -0.05) is 12.1 Å². The van der Waals surface area contributed by atoms with E-state index >= 15 is 0 Å². The number of nitrogens with two attached hydrogens (primary N) is 1. The van der Waals surface area contributed by atoms with Gasteiger partial charge in [0.15, 0.2) is 0 Å². The van der Waals surface area contributed by atoms with E-state index in [2.05, 4.69) is 5.92 Å². The molecule has 0 aliphatic heterocycles. The third kappa shape index (κ3) is 7.80. The first kappa shape index (κ1) is 16.5. The molecule has 110 valence electrons. The second-order valence-electron chi connectivity index (χ2n) is 4.21. The molecule has 0 aliphatic rings. The van der Waals surface area contributed by atoms with Crippen LogP contribution in [0.25, 0.3) is 0 Å². The van der Waals surface area contributed by atoms with Gasteiger partial charge in [-0.3, -0.25) is 0 Å². The fraction of sp³-hybridized carbons (Fsp3) is 0.500. The van der Waals surface area contributed by atoms with Crippen LogP contribution in [0.2, 0.25) is 0 Å². The Labute approximate surface area is 121 Å². The molecular formula is C16H23NO3. The van der Waals surface area contributed by atoms with Gasteiger partial charge in [-0.15, -0.1) is 12.3 Å². The Balaban J connectivity index is 2.06. The number of ether oxygens (including phenoxy) is 3. The lowest BCUT2D eigenvalue weighted by Crippen LogP contribution is -2.14. The smallest absolute Gasteiger partial charge is 0.119 e. The van der Waals surface area contributed by atoms with Crippen LogP contribution in [-0.2, 0) is 15.9 Å². The van der Waals surface area contributed by atoms with Crippen LogP contribution in [-0.4, -0.2) is 39.6 Å². The molecule has 0 saturated carbocycles. The average molecular weight is 277 g/mol. The molecule has 0 amide bonds. The van der Waals surface area contributed by atoms with Gasteiger partial charge in [0.2, 0.25) is 0 Å². The van der Waals surface area contributed by atoms with Gasteiger partial charge in [-0.05, 0) is 24.1 Å². The molecule has 0 radical (unpaired) electrons. The second kappa shape index (κ2) is 11.3. The molecule has 2 N–H and O–H groups in total. The lowest BCUT2D eigenvalue weighted by atomic mass is 10.1. The second-order valence-corrected chi connectivity index (χ2v) is 4.21. The van der Waals surface area contributed by atoms with Crippen molar-refractivity contribution in [3.8, 4) is 18.1 Å². The summed E-state index contributed by atoms with van der Waals surface area (Å²) in [7, 11) is 0. The number of terminal acetylenes is 1. The molecule has 1 aromatic carbocycles. The summed E-state index contributed by atoms with van der Waals surface area (Å²) in [6.07, 6.45) is 6.90. The lowest BCUT2D eigenvalue weighted by Gasteiger charge is -2.08. The van der Waals surface area contributed by atoms with Crippen LogP contribution in [0.4, 0.5) is 0 Å². The monoisotopic (exact) mass is 277 g/mol. The number of aryl methyl sites for hydroxylation is 1. The first-order valence-corrected chi connectivity index (χ1v) is 6.87. The summed E-state index contributed by atoms with van der Waals surface area (Å²) in [5.74, 6) is 3.48. The van der Waals surface area contributed by atoms with Crippen molar-refractivity contribution in [2.45, 2.75) is 12.8 Å². The summed E-state index contributed by atoms with van der Waals surface area (Å²) in [4.78, 5) is 0. The van der Waals surface area contributed by atoms with Crippen molar-refractivity contribution < 1.29 is 14.2 Å². The standard InChI is InChI=1S/C16H23NO3/c1-2-3-4-15-5-7-16(8-6-15)20-14-13-19-12-11-18-10-9-17/h1,5-8H,3-4,9-14,17H2. The van der Waals surface area contributed by atoms with E-state index in [9.17, 15) is 0 Å². The van der Waals surface area contributed by atoms with Crippen molar-refractivity contribution in [2.24, 2.45) is 5.73 Å². The maximum Gasteiger partial charge on any atom is 0.119 e. The summed E-state index contributed by atoms with van der Waals surface area (Å²) in [5.41, 5.74) is 6.52. The van der Waals surface area contributed by atoms with E-state index in [1.165, 1.54) is 5.56 Å². The minimum Gasteiger partial charge on any atom is -0.491 e. The molecule has 4 nitrogen and oxygen atoms in total. The first-order chi connectivity index (χ1) is 9.86. The van der Waals surface area contributed by atoms with Gasteiger partial charge in [-0.2, -0.15) is 0 Å². The topological polar surface area (TPSA) is 53.7 Å². The van der Waals surface area contributed by atoms with Crippen molar-refractivity contribution in [3.63, 3.8) is 0 Å². The normalized spacial score (nSPS) is 10.2. The summed E-state index contributed by atoms with van der Waals surface area (Å²) >= 11 is 0. The molecular weight excluding hydrogens is 254 g/mol. The zero-order chi connectivity index (χ0) is 14.5. The van der Waals surface area contributed by atoms with E-state index in [4.69, 9.17) is 26.4 Å². The summed E-state index contributed by atoms with van der Waals surface area (Å²) in [5, 5.41) is 0. The molecule has 4 heteroatoms. The van der Waals surface area contributed by atoms with Crippen LogP contribution >= 0.6 is 0 Å². The van der Waals surface area contributed by atoms with E-state index in [1.807, 2.05) is 24.3 Å². The molecule has 1 aromatic rings. The molecule has 0 aromatic heterocycles. The van der Waals surface area contributed by atoms with E-state index in [0.29, 0.717) is 39.6 Å². The predicted octanol–water partition coefficient (Wildman–Crippen LogP) is 1.62. The van der Waals surface area contributed by atoms with Gasteiger partial charge in [-0.25, -0.2) is 0 Å². The number of hydrogen-bond acceptors (Lipinski definition) is 4. The SMILES string of the molecule is C#CCCc1ccc(OCCOCCOCCN)cc1. The van der Waals surface area contributed by atoms with Crippen LogP contribution in [0.5, 0.6) is 5.75 Å². The molecule has 20 heavy (non-hydrogen) atoms. The summed E-state index contributed by atoms with van der Waals surface area (Å²) in [6, 6.07) is 7.98.